The Kier molecular flexibility index (Phi) is 5.85. The molecule has 2 atom stereocenters. The number of anilines is 1. The summed E-state index contributed by atoms with van der Waals surface area (Å²) >= 11 is 6.48. The highest BCUT2D eigenvalue weighted by molar-refractivity contribution is 6.31. The van der Waals surface area contributed by atoms with Crippen LogP contribution in [0.1, 0.15) is 22.3 Å². The summed E-state index contributed by atoms with van der Waals surface area (Å²) in [6, 6.07) is 11.2. The van der Waals surface area contributed by atoms with Crippen molar-refractivity contribution in [3.63, 3.8) is 0 Å². The quantitative estimate of drug-likeness (QED) is 0.615. The molecule has 3 heterocycles. The second-order valence-corrected chi connectivity index (χ2v) is 9.19. The molecule has 10 heteroatoms. The summed E-state index contributed by atoms with van der Waals surface area (Å²) in [5, 5.41) is 6.71. The van der Waals surface area contributed by atoms with Crippen LogP contribution < -0.4 is 25.8 Å². The van der Waals surface area contributed by atoms with E-state index in [4.69, 9.17) is 26.8 Å². The Bertz CT molecular complexity index is 1180. The molecule has 1 fully saturated rings. The molecular formula is C24H27ClN6O3. The number of carbonyl (C=O) groups is 1. The Morgan fingerprint density at radius 1 is 1.32 bits per heavy atom. The number of halogens is 1. The summed E-state index contributed by atoms with van der Waals surface area (Å²) in [6.45, 7) is 1.58. The average Bonchev–Trinajstić information content (AvgIpc) is 3.48. The molecule has 34 heavy (non-hydrogen) atoms. The number of rotatable bonds is 4. The topological polar surface area (TPSA) is 104 Å². The zero-order chi connectivity index (χ0) is 23.9. The smallest absolute Gasteiger partial charge is 0.253 e. The van der Waals surface area contributed by atoms with Crippen molar-refractivity contribution in [1.82, 2.24) is 15.1 Å². The number of nitrogens with two attached hydrogens (primary N) is 1. The number of likely N-dealkylation sites (N-methyl/N-ethyl adjacent to an activating group) is 1. The Balaban J connectivity index is 1.37. The summed E-state index contributed by atoms with van der Waals surface area (Å²) < 4.78 is 11.1. The van der Waals surface area contributed by atoms with Crippen LogP contribution in [0.25, 0.3) is 0 Å². The van der Waals surface area contributed by atoms with E-state index in [0.717, 1.165) is 19.5 Å². The number of guanidine groups is 1. The minimum absolute atomic E-state index is 0.0170. The number of fused-ring (bicyclic) bond motifs is 1. The summed E-state index contributed by atoms with van der Waals surface area (Å²) in [5.41, 5.74) is 7.24. The summed E-state index contributed by atoms with van der Waals surface area (Å²) in [4.78, 5) is 21.8. The van der Waals surface area contributed by atoms with Crippen molar-refractivity contribution in [2.24, 2.45) is 10.7 Å². The third-order valence-corrected chi connectivity index (χ3v) is 6.61. The van der Waals surface area contributed by atoms with Crippen LogP contribution in [-0.4, -0.2) is 61.7 Å². The van der Waals surface area contributed by atoms with E-state index >= 15 is 0 Å². The lowest BCUT2D eigenvalue weighted by Crippen LogP contribution is -2.42. The number of nitrogens with one attached hydrogen (secondary N) is 2. The van der Waals surface area contributed by atoms with Crippen molar-refractivity contribution in [3.05, 3.63) is 64.8 Å². The molecule has 0 bridgehead atoms. The molecule has 5 rings (SSSR count). The van der Waals surface area contributed by atoms with Crippen LogP contribution in [0.15, 0.2) is 53.7 Å². The average molecular weight is 483 g/mol. The van der Waals surface area contributed by atoms with Crippen molar-refractivity contribution in [2.75, 3.05) is 39.3 Å². The molecular weight excluding hydrogens is 456 g/mol. The molecule has 178 valence electrons. The third kappa shape index (κ3) is 4.18. The first kappa shape index (κ1) is 22.5. The number of nitrogens with zero attached hydrogens (tertiary/aromatic N) is 3. The maximum Gasteiger partial charge on any atom is 0.253 e. The van der Waals surface area contributed by atoms with Crippen LogP contribution in [0.5, 0.6) is 11.5 Å². The Morgan fingerprint density at radius 2 is 2.18 bits per heavy atom. The largest absolute Gasteiger partial charge is 0.454 e. The predicted molar refractivity (Wildman–Crippen MR) is 131 cm³/mol. The van der Waals surface area contributed by atoms with Crippen molar-refractivity contribution >= 4 is 29.2 Å². The van der Waals surface area contributed by atoms with Gasteiger partial charge in [-0.05, 0) is 56.9 Å². The highest BCUT2D eigenvalue weighted by Crippen LogP contribution is 2.45. The van der Waals surface area contributed by atoms with Gasteiger partial charge in [0.15, 0.2) is 17.2 Å². The molecule has 1 amide bonds. The Labute approximate surface area is 203 Å². The number of carbonyl (C=O) groups excluding carboxylic acids is 1. The Hall–Kier alpha value is -3.27. The first-order valence-corrected chi connectivity index (χ1v) is 11.5. The molecule has 0 spiro atoms. The number of ether oxygens (including phenoxy) is 2. The van der Waals surface area contributed by atoms with Crippen LogP contribution in [0.2, 0.25) is 5.02 Å². The van der Waals surface area contributed by atoms with E-state index in [1.165, 1.54) is 0 Å². The molecule has 3 aliphatic heterocycles. The van der Waals surface area contributed by atoms with Crippen molar-refractivity contribution in [3.8, 4) is 11.5 Å². The van der Waals surface area contributed by atoms with Gasteiger partial charge in [-0.2, -0.15) is 0 Å². The van der Waals surface area contributed by atoms with E-state index in [2.05, 4.69) is 20.5 Å². The van der Waals surface area contributed by atoms with E-state index < -0.39 is 5.66 Å². The number of amides is 1. The first-order chi connectivity index (χ1) is 16.3. The molecule has 4 N–H and O–H groups in total. The van der Waals surface area contributed by atoms with E-state index in [-0.39, 0.29) is 12.7 Å². The monoisotopic (exact) mass is 482 g/mol. The van der Waals surface area contributed by atoms with Crippen LogP contribution in [0.3, 0.4) is 0 Å². The Morgan fingerprint density at radius 3 is 2.97 bits per heavy atom. The summed E-state index contributed by atoms with van der Waals surface area (Å²) in [5.74, 6) is 1.49. The fourth-order valence-electron chi connectivity index (χ4n) is 4.42. The normalized spacial score (nSPS) is 23.1. The predicted octanol–water partition coefficient (Wildman–Crippen LogP) is 2.54. The highest BCUT2D eigenvalue weighted by atomic mass is 35.5. The second-order valence-electron chi connectivity index (χ2n) is 8.78. The number of hydrogen-bond acceptors (Lipinski definition) is 8. The second kappa shape index (κ2) is 8.83. The van der Waals surface area contributed by atoms with E-state index in [1.807, 2.05) is 43.3 Å². The van der Waals surface area contributed by atoms with Crippen molar-refractivity contribution in [1.29, 1.82) is 0 Å². The molecule has 9 nitrogen and oxygen atoms in total. The molecule has 0 aliphatic carbocycles. The van der Waals surface area contributed by atoms with Gasteiger partial charge in [0, 0.05) is 36.6 Å². The first-order valence-electron chi connectivity index (χ1n) is 11.1. The molecule has 0 aromatic heterocycles. The van der Waals surface area contributed by atoms with Gasteiger partial charge in [-0.1, -0.05) is 17.7 Å². The van der Waals surface area contributed by atoms with Crippen molar-refractivity contribution < 1.29 is 14.3 Å². The van der Waals surface area contributed by atoms with Crippen LogP contribution >= 0.6 is 11.6 Å². The van der Waals surface area contributed by atoms with Gasteiger partial charge < -0.3 is 29.9 Å². The number of likely N-dealkylation sites (tertiary alicyclic amines) is 1. The fourth-order valence-corrected chi connectivity index (χ4v) is 4.72. The van der Waals surface area contributed by atoms with E-state index in [1.54, 1.807) is 24.4 Å². The van der Waals surface area contributed by atoms with E-state index in [0.29, 0.717) is 45.3 Å². The van der Waals surface area contributed by atoms with E-state index in [9.17, 15) is 4.79 Å². The highest BCUT2D eigenvalue weighted by Gasteiger charge is 2.36. The number of benzene rings is 2. The molecule has 1 unspecified atom stereocenters. The lowest BCUT2D eigenvalue weighted by Gasteiger charge is -2.28. The van der Waals surface area contributed by atoms with Gasteiger partial charge in [0.25, 0.3) is 5.91 Å². The molecule has 3 aliphatic rings. The van der Waals surface area contributed by atoms with Gasteiger partial charge in [-0.15, -0.1) is 0 Å². The van der Waals surface area contributed by atoms with Crippen LogP contribution in [0.4, 0.5) is 5.69 Å². The van der Waals surface area contributed by atoms with Crippen LogP contribution in [-0.2, 0) is 5.66 Å². The van der Waals surface area contributed by atoms with Gasteiger partial charge in [-0.25, -0.2) is 4.99 Å². The zero-order valence-electron chi connectivity index (χ0n) is 19.0. The lowest BCUT2D eigenvalue weighted by atomic mass is 9.98. The standard InChI is InChI=1S/C24H27ClN6O3/c1-30(2)17-8-11-31(13-17)22(32)15-4-3-5-16(12-15)28-23-27-10-9-24(26,29-23)20-18(25)6-7-19-21(20)34-14-33-19/h3-7,9-10,12,17H,8,11,13-14,26H2,1-2H3,(H2,27,28,29)/t17-,24?/m1/s1. The minimum Gasteiger partial charge on any atom is -0.454 e. The van der Waals surface area contributed by atoms with Gasteiger partial charge in [-0.3, -0.25) is 10.5 Å². The summed E-state index contributed by atoms with van der Waals surface area (Å²) in [6.07, 6.45) is 4.38. The molecule has 0 radical (unpaired) electrons. The number of hydrogen-bond donors (Lipinski definition) is 3. The fraction of sp³-hybridized carbons (Fsp3) is 0.333. The molecule has 2 aromatic rings. The van der Waals surface area contributed by atoms with Gasteiger partial charge in [0.2, 0.25) is 12.8 Å². The lowest BCUT2D eigenvalue weighted by molar-refractivity contribution is 0.0783. The van der Waals surface area contributed by atoms with Gasteiger partial charge in [0.05, 0.1) is 10.6 Å². The maximum atomic E-state index is 13.1. The third-order valence-electron chi connectivity index (χ3n) is 6.30. The molecule has 1 saturated heterocycles. The minimum atomic E-state index is -1.27. The van der Waals surface area contributed by atoms with Gasteiger partial charge in [0.1, 0.15) is 0 Å². The van der Waals surface area contributed by atoms with Crippen molar-refractivity contribution in [2.45, 2.75) is 18.1 Å². The van der Waals surface area contributed by atoms with Gasteiger partial charge >= 0.3 is 0 Å². The molecule has 0 saturated carbocycles. The zero-order valence-corrected chi connectivity index (χ0v) is 19.8. The number of aliphatic imine (C=N–C) groups is 1. The molecule has 2 aromatic carbocycles. The maximum absolute atomic E-state index is 13.1. The van der Waals surface area contributed by atoms with Crippen LogP contribution in [0, 0.1) is 0 Å². The SMILES string of the molecule is CN(C)[C@@H]1CCN(C(=O)c2cccc(NC3=NC(N)(c4c(Cl)ccc5c4OCO5)C=CN3)c2)C1. The summed E-state index contributed by atoms with van der Waals surface area (Å²) in [7, 11) is 4.09.